The number of hydrogen-bond acceptors (Lipinski definition) is 3. The number of nitrogens with zero attached hydrogens (tertiary/aromatic N) is 4. The normalized spacial score (nSPS) is 14.1. The Morgan fingerprint density at radius 1 is 1.17 bits per heavy atom. The van der Waals surface area contributed by atoms with Gasteiger partial charge in [0.1, 0.15) is 5.69 Å². The third-order valence-corrected chi connectivity index (χ3v) is 4.30. The molecule has 0 spiro atoms. The average Bonchev–Trinajstić information content (AvgIpc) is 2.94. The summed E-state index contributed by atoms with van der Waals surface area (Å²) >= 11 is 0. The van der Waals surface area contributed by atoms with E-state index in [-0.39, 0.29) is 5.91 Å². The first kappa shape index (κ1) is 13.9. The van der Waals surface area contributed by atoms with Crippen LogP contribution >= 0.6 is 0 Å². The molecule has 4 rings (SSSR count). The van der Waals surface area contributed by atoms with Crippen molar-refractivity contribution in [2.75, 3.05) is 11.4 Å². The molecule has 2 aromatic heterocycles. The van der Waals surface area contributed by atoms with Crippen molar-refractivity contribution in [2.45, 2.75) is 26.7 Å². The molecule has 3 aromatic rings. The number of benzene rings is 1. The fourth-order valence-corrected chi connectivity index (χ4v) is 3.23. The minimum atomic E-state index is -0.0402. The van der Waals surface area contributed by atoms with Crippen molar-refractivity contribution in [1.29, 1.82) is 0 Å². The van der Waals surface area contributed by atoms with Crippen molar-refractivity contribution in [3.8, 4) is 0 Å². The van der Waals surface area contributed by atoms with Gasteiger partial charge in [0.05, 0.1) is 5.69 Å². The van der Waals surface area contributed by atoms with Crippen molar-refractivity contribution < 1.29 is 4.79 Å². The molecule has 0 saturated carbocycles. The Labute approximate surface area is 134 Å². The number of rotatable bonds is 1. The van der Waals surface area contributed by atoms with E-state index < -0.39 is 0 Å². The number of amides is 1. The number of aryl methyl sites for hydroxylation is 3. The van der Waals surface area contributed by atoms with E-state index in [1.165, 1.54) is 5.56 Å². The van der Waals surface area contributed by atoms with Crippen LogP contribution in [0.4, 0.5) is 5.69 Å². The van der Waals surface area contributed by atoms with E-state index in [0.717, 1.165) is 42.1 Å². The Kier molecular flexibility index (Phi) is 3.15. The Balaban J connectivity index is 1.78. The lowest BCUT2D eigenvalue weighted by atomic mass is 10.0. The minimum Gasteiger partial charge on any atom is -0.307 e. The molecule has 1 aliphatic rings. The molecule has 0 unspecified atom stereocenters. The van der Waals surface area contributed by atoms with Gasteiger partial charge in [0.15, 0.2) is 5.65 Å². The molecular weight excluding hydrogens is 288 g/mol. The third-order valence-electron chi connectivity index (χ3n) is 4.30. The number of aromatic nitrogens is 3. The van der Waals surface area contributed by atoms with E-state index in [1.54, 1.807) is 4.52 Å². The highest BCUT2D eigenvalue weighted by Gasteiger charge is 2.24. The smallest absolute Gasteiger partial charge is 0.277 e. The Morgan fingerprint density at radius 2 is 2.00 bits per heavy atom. The Hall–Kier alpha value is -2.69. The fourth-order valence-electron chi connectivity index (χ4n) is 3.23. The number of para-hydroxylation sites is 1. The SMILES string of the molecule is Cc1cc2nc(C(=O)N3CCCc4ccccc43)cc(C)n2n1. The second-order valence-corrected chi connectivity index (χ2v) is 6.03. The summed E-state index contributed by atoms with van der Waals surface area (Å²) in [6.45, 7) is 4.61. The molecule has 3 heterocycles. The summed E-state index contributed by atoms with van der Waals surface area (Å²) in [7, 11) is 0. The maximum atomic E-state index is 13.0. The molecule has 5 heteroatoms. The van der Waals surface area contributed by atoms with Crippen LogP contribution in [0.2, 0.25) is 0 Å². The molecule has 0 saturated heterocycles. The molecule has 0 radical (unpaired) electrons. The van der Waals surface area contributed by atoms with Crippen LogP contribution in [0.1, 0.15) is 33.9 Å². The first-order chi connectivity index (χ1) is 11.1. The quantitative estimate of drug-likeness (QED) is 0.694. The van der Waals surface area contributed by atoms with Crippen molar-refractivity contribution in [1.82, 2.24) is 14.6 Å². The summed E-state index contributed by atoms with van der Waals surface area (Å²) in [6.07, 6.45) is 2.00. The molecule has 0 N–H and O–H groups in total. The van der Waals surface area contributed by atoms with Crippen LogP contribution in [0.3, 0.4) is 0 Å². The third kappa shape index (κ3) is 2.29. The van der Waals surface area contributed by atoms with Crippen LogP contribution in [0.5, 0.6) is 0 Å². The van der Waals surface area contributed by atoms with Gasteiger partial charge in [-0.3, -0.25) is 4.79 Å². The van der Waals surface area contributed by atoms with E-state index in [9.17, 15) is 4.79 Å². The maximum absolute atomic E-state index is 13.0. The number of fused-ring (bicyclic) bond motifs is 2. The largest absolute Gasteiger partial charge is 0.307 e. The molecule has 1 aromatic carbocycles. The number of anilines is 1. The molecule has 0 aliphatic carbocycles. The number of carbonyl (C=O) groups excluding carboxylic acids is 1. The van der Waals surface area contributed by atoms with Crippen molar-refractivity contribution >= 4 is 17.2 Å². The predicted octanol–water partition coefficient (Wildman–Crippen LogP) is 2.94. The summed E-state index contributed by atoms with van der Waals surface area (Å²) in [5.74, 6) is -0.0402. The second-order valence-electron chi connectivity index (χ2n) is 6.03. The van der Waals surface area contributed by atoms with Crippen LogP contribution in [-0.2, 0) is 6.42 Å². The van der Waals surface area contributed by atoms with Crippen LogP contribution in [0.15, 0.2) is 36.4 Å². The highest BCUT2D eigenvalue weighted by atomic mass is 16.2. The summed E-state index contributed by atoms with van der Waals surface area (Å²) in [5, 5.41) is 4.39. The highest BCUT2D eigenvalue weighted by Crippen LogP contribution is 2.28. The number of hydrogen-bond donors (Lipinski definition) is 0. The zero-order valence-corrected chi connectivity index (χ0v) is 13.3. The van der Waals surface area contributed by atoms with Gasteiger partial charge in [-0.05, 0) is 44.4 Å². The molecular formula is C18H18N4O. The molecule has 116 valence electrons. The standard InChI is InChI=1S/C18H18N4O/c1-12-10-17-19-15(11-13(2)22(17)20-12)18(23)21-9-5-7-14-6-3-4-8-16(14)21/h3-4,6,8,10-11H,5,7,9H2,1-2H3. The summed E-state index contributed by atoms with van der Waals surface area (Å²) in [4.78, 5) is 19.4. The van der Waals surface area contributed by atoms with E-state index in [1.807, 2.05) is 49.1 Å². The molecule has 0 atom stereocenters. The van der Waals surface area contributed by atoms with Gasteiger partial charge in [-0.1, -0.05) is 18.2 Å². The first-order valence-corrected chi connectivity index (χ1v) is 7.87. The van der Waals surface area contributed by atoms with Crippen LogP contribution in [0, 0.1) is 13.8 Å². The van der Waals surface area contributed by atoms with Gasteiger partial charge in [0, 0.05) is 24.0 Å². The van der Waals surface area contributed by atoms with Gasteiger partial charge in [-0.2, -0.15) is 5.10 Å². The van der Waals surface area contributed by atoms with Gasteiger partial charge in [-0.25, -0.2) is 9.50 Å². The monoisotopic (exact) mass is 306 g/mol. The van der Waals surface area contributed by atoms with Crippen LogP contribution in [-0.4, -0.2) is 27.0 Å². The number of carbonyl (C=O) groups is 1. The van der Waals surface area contributed by atoms with Crippen molar-refractivity contribution in [3.05, 3.63) is 59.0 Å². The lowest BCUT2D eigenvalue weighted by Gasteiger charge is -2.29. The Bertz CT molecular complexity index is 913. The van der Waals surface area contributed by atoms with Gasteiger partial charge < -0.3 is 4.90 Å². The maximum Gasteiger partial charge on any atom is 0.277 e. The van der Waals surface area contributed by atoms with Crippen LogP contribution < -0.4 is 4.90 Å². The van der Waals surface area contributed by atoms with Crippen molar-refractivity contribution in [2.24, 2.45) is 0 Å². The molecule has 1 amide bonds. The van der Waals surface area contributed by atoms with Gasteiger partial charge in [-0.15, -0.1) is 0 Å². The van der Waals surface area contributed by atoms with E-state index in [0.29, 0.717) is 5.69 Å². The predicted molar refractivity (Wildman–Crippen MR) is 88.9 cm³/mol. The van der Waals surface area contributed by atoms with E-state index in [4.69, 9.17) is 0 Å². The lowest BCUT2D eigenvalue weighted by Crippen LogP contribution is -2.36. The summed E-state index contributed by atoms with van der Waals surface area (Å²) < 4.78 is 1.77. The molecule has 0 bridgehead atoms. The summed E-state index contributed by atoms with van der Waals surface area (Å²) in [5.41, 5.74) is 5.24. The van der Waals surface area contributed by atoms with Crippen LogP contribution in [0.25, 0.3) is 5.65 Å². The molecule has 0 fully saturated rings. The highest BCUT2D eigenvalue weighted by molar-refractivity contribution is 6.05. The zero-order chi connectivity index (χ0) is 16.0. The topological polar surface area (TPSA) is 50.5 Å². The molecule has 23 heavy (non-hydrogen) atoms. The second kappa shape index (κ2) is 5.19. The average molecular weight is 306 g/mol. The molecule has 1 aliphatic heterocycles. The fraction of sp³-hybridized carbons (Fsp3) is 0.278. The minimum absolute atomic E-state index is 0.0402. The van der Waals surface area contributed by atoms with E-state index >= 15 is 0 Å². The Morgan fingerprint density at radius 3 is 2.87 bits per heavy atom. The summed E-state index contributed by atoms with van der Waals surface area (Å²) in [6, 6.07) is 11.8. The lowest BCUT2D eigenvalue weighted by molar-refractivity contribution is 0.0980. The molecule has 5 nitrogen and oxygen atoms in total. The van der Waals surface area contributed by atoms with Gasteiger partial charge in [0.2, 0.25) is 0 Å². The first-order valence-electron chi connectivity index (χ1n) is 7.87. The van der Waals surface area contributed by atoms with Gasteiger partial charge >= 0.3 is 0 Å². The zero-order valence-electron chi connectivity index (χ0n) is 13.3. The van der Waals surface area contributed by atoms with Gasteiger partial charge in [0.25, 0.3) is 5.91 Å². The van der Waals surface area contributed by atoms with Crippen molar-refractivity contribution in [3.63, 3.8) is 0 Å². The van der Waals surface area contributed by atoms with E-state index in [2.05, 4.69) is 16.1 Å².